The number of hydrogen-bond acceptors (Lipinski definition) is 3. The highest BCUT2D eigenvalue weighted by molar-refractivity contribution is 6.00. The van der Waals surface area contributed by atoms with Gasteiger partial charge in [-0.05, 0) is 30.7 Å². The molecule has 0 aliphatic heterocycles. The van der Waals surface area contributed by atoms with Crippen LogP contribution in [0.2, 0.25) is 0 Å². The van der Waals surface area contributed by atoms with Crippen molar-refractivity contribution < 1.29 is 9.53 Å². The van der Waals surface area contributed by atoms with E-state index in [1.165, 1.54) is 5.56 Å². The standard InChI is InChI=1S/C17H19NO2/c1-20-17-10-6-5-9-15(17)16(19)13-18-12-11-14-7-3-2-4-8-14/h2-10,18H,11-13H2,1H3. The number of rotatable bonds is 7. The van der Waals surface area contributed by atoms with E-state index in [1.807, 2.05) is 30.3 Å². The maximum atomic E-state index is 12.1. The predicted molar refractivity (Wildman–Crippen MR) is 80.3 cm³/mol. The van der Waals surface area contributed by atoms with Gasteiger partial charge in [-0.2, -0.15) is 0 Å². The number of Topliss-reactive ketones (excluding diaryl/α,β-unsaturated/α-hetero) is 1. The van der Waals surface area contributed by atoms with Crippen LogP contribution in [-0.4, -0.2) is 26.0 Å². The lowest BCUT2D eigenvalue weighted by atomic mass is 10.1. The van der Waals surface area contributed by atoms with E-state index in [9.17, 15) is 4.79 Å². The molecule has 0 aliphatic carbocycles. The number of carbonyl (C=O) groups excluding carboxylic acids is 1. The van der Waals surface area contributed by atoms with E-state index in [1.54, 1.807) is 19.2 Å². The minimum absolute atomic E-state index is 0.0514. The van der Waals surface area contributed by atoms with E-state index < -0.39 is 0 Å². The van der Waals surface area contributed by atoms with Crippen molar-refractivity contribution in [3.05, 3.63) is 65.7 Å². The maximum Gasteiger partial charge on any atom is 0.180 e. The Hall–Kier alpha value is -2.13. The van der Waals surface area contributed by atoms with Gasteiger partial charge >= 0.3 is 0 Å². The zero-order valence-corrected chi connectivity index (χ0v) is 11.6. The van der Waals surface area contributed by atoms with Crippen LogP contribution in [0.25, 0.3) is 0 Å². The molecule has 0 fully saturated rings. The molecule has 0 heterocycles. The molecule has 20 heavy (non-hydrogen) atoms. The van der Waals surface area contributed by atoms with Gasteiger partial charge in [0.1, 0.15) is 5.75 Å². The summed E-state index contributed by atoms with van der Waals surface area (Å²) in [6.07, 6.45) is 0.917. The molecule has 0 radical (unpaired) electrons. The Morgan fingerprint density at radius 3 is 2.50 bits per heavy atom. The van der Waals surface area contributed by atoms with Crippen LogP contribution in [0.1, 0.15) is 15.9 Å². The van der Waals surface area contributed by atoms with Crippen molar-refractivity contribution in [3.63, 3.8) is 0 Å². The summed E-state index contributed by atoms with van der Waals surface area (Å²) in [7, 11) is 1.58. The van der Waals surface area contributed by atoms with Crippen LogP contribution >= 0.6 is 0 Å². The molecule has 2 rings (SSSR count). The van der Waals surface area contributed by atoms with Gasteiger partial charge < -0.3 is 10.1 Å². The van der Waals surface area contributed by atoms with Crippen molar-refractivity contribution in [2.24, 2.45) is 0 Å². The molecular weight excluding hydrogens is 250 g/mol. The summed E-state index contributed by atoms with van der Waals surface area (Å²) in [6, 6.07) is 17.5. The predicted octanol–water partition coefficient (Wildman–Crippen LogP) is 2.71. The fourth-order valence-corrected chi connectivity index (χ4v) is 2.05. The Morgan fingerprint density at radius 2 is 1.75 bits per heavy atom. The SMILES string of the molecule is COc1ccccc1C(=O)CNCCc1ccccc1. The van der Waals surface area contributed by atoms with Crippen LogP contribution in [0.3, 0.4) is 0 Å². The monoisotopic (exact) mass is 269 g/mol. The van der Waals surface area contributed by atoms with Gasteiger partial charge in [0.25, 0.3) is 0 Å². The smallest absolute Gasteiger partial charge is 0.180 e. The Kier molecular flexibility index (Phi) is 5.33. The highest BCUT2D eigenvalue weighted by atomic mass is 16.5. The first-order chi connectivity index (χ1) is 9.81. The number of ether oxygens (including phenoxy) is 1. The molecule has 0 atom stereocenters. The summed E-state index contributed by atoms with van der Waals surface area (Å²) in [5, 5.41) is 3.18. The lowest BCUT2D eigenvalue weighted by Crippen LogP contribution is -2.25. The molecule has 2 aromatic rings. The van der Waals surface area contributed by atoms with Crippen molar-refractivity contribution in [2.75, 3.05) is 20.2 Å². The zero-order chi connectivity index (χ0) is 14.2. The molecule has 0 bridgehead atoms. The minimum atomic E-state index is 0.0514. The Bertz CT molecular complexity index is 552. The molecule has 0 aromatic heterocycles. The first kappa shape index (κ1) is 14.3. The average molecular weight is 269 g/mol. The van der Waals surface area contributed by atoms with Crippen LogP contribution in [0.5, 0.6) is 5.75 Å². The van der Waals surface area contributed by atoms with Gasteiger partial charge in [-0.1, -0.05) is 42.5 Å². The summed E-state index contributed by atoms with van der Waals surface area (Å²) in [4.78, 5) is 12.1. The molecule has 104 valence electrons. The van der Waals surface area contributed by atoms with Gasteiger partial charge in [0.05, 0.1) is 19.2 Å². The van der Waals surface area contributed by atoms with Gasteiger partial charge in [-0.15, -0.1) is 0 Å². The first-order valence-corrected chi connectivity index (χ1v) is 6.72. The van der Waals surface area contributed by atoms with E-state index in [-0.39, 0.29) is 5.78 Å². The Balaban J connectivity index is 1.81. The van der Waals surface area contributed by atoms with Crippen LogP contribution in [0, 0.1) is 0 Å². The van der Waals surface area contributed by atoms with Gasteiger partial charge in [0.2, 0.25) is 0 Å². The fraction of sp³-hybridized carbons (Fsp3) is 0.235. The van der Waals surface area contributed by atoms with E-state index >= 15 is 0 Å². The molecule has 0 saturated heterocycles. The van der Waals surface area contributed by atoms with Gasteiger partial charge in [0, 0.05) is 0 Å². The number of carbonyl (C=O) groups is 1. The molecule has 3 heteroatoms. The second-order valence-electron chi connectivity index (χ2n) is 4.54. The Labute approximate surface area is 119 Å². The molecule has 0 aliphatic rings. The fourth-order valence-electron chi connectivity index (χ4n) is 2.05. The zero-order valence-electron chi connectivity index (χ0n) is 11.6. The van der Waals surface area contributed by atoms with Crippen LogP contribution in [0.4, 0.5) is 0 Å². The average Bonchev–Trinajstić information content (AvgIpc) is 2.52. The van der Waals surface area contributed by atoms with Gasteiger partial charge in [-0.3, -0.25) is 4.79 Å². The van der Waals surface area contributed by atoms with Crippen LogP contribution < -0.4 is 10.1 Å². The Morgan fingerprint density at radius 1 is 1.05 bits per heavy atom. The lowest BCUT2D eigenvalue weighted by molar-refractivity contribution is 0.0988. The highest BCUT2D eigenvalue weighted by Gasteiger charge is 2.10. The van der Waals surface area contributed by atoms with E-state index in [4.69, 9.17) is 4.74 Å². The lowest BCUT2D eigenvalue weighted by Gasteiger charge is -2.08. The quantitative estimate of drug-likeness (QED) is 0.620. The highest BCUT2D eigenvalue weighted by Crippen LogP contribution is 2.17. The van der Waals surface area contributed by atoms with Gasteiger partial charge in [0.15, 0.2) is 5.78 Å². The number of benzene rings is 2. The van der Waals surface area contributed by atoms with Crippen molar-refractivity contribution in [3.8, 4) is 5.75 Å². The second-order valence-corrected chi connectivity index (χ2v) is 4.54. The summed E-state index contributed by atoms with van der Waals surface area (Å²) in [5.41, 5.74) is 1.90. The third-order valence-electron chi connectivity index (χ3n) is 3.13. The molecule has 1 N–H and O–H groups in total. The van der Waals surface area contributed by atoms with Crippen molar-refractivity contribution in [1.82, 2.24) is 5.32 Å². The molecule has 0 saturated carbocycles. The minimum Gasteiger partial charge on any atom is -0.496 e. The van der Waals surface area contributed by atoms with E-state index in [0.29, 0.717) is 17.9 Å². The normalized spacial score (nSPS) is 10.2. The topological polar surface area (TPSA) is 38.3 Å². The summed E-state index contributed by atoms with van der Waals surface area (Å²) < 4.78 is 5.19. The molecule has 0 amide bonds. The maximum absolute atomic E-state index is 12.1. The second kappa shape index (κ2) is 7.46. The van der Waals surface area contributed by atoms with Crippen LogP contribution in [-0.2, 0) is 6.42 Å². The molecule has 0 spiro atoms. The van der Waals surface area contributed by atoms with Crippen molar-refractivity contribution >= 4 is 5.78 Å². The summed E-state index contributed by atoms with van der Waals surface area (Å²) in [5.74, 6) is 0.679. The largest absolute Gasteiger partial charge is 0.496 e. The third kappa shape index (κ3) is 3.93. The number of nitrogens with one attached hydrogen (secondary N) is 1. The number of hydrogen-bond donors (Lipinski definition) is 1. The third-order valence-corrected chi connectivity index (χ3v) is 3.13. The summed E-state index contributed by atoms with van der Waals surface area (Å²) in [6.45, 7) is 1.11. The number of ketones is 1. The molecular formula is C17H19NO2. The molecule has 0 unspecified atom stereocenters. The van der Waals surface area contributed by atoms with Crippen molar-refractivity contribution in [1.29, 1.82) is 0 Å². The van der Waals surface area contributed by atoms with Crippen LogP contribution in [0.15, 0.2) is 54.6 Å². The van der Waals surface area contributed by atoms with Crippen molar-refractivity contribution in [2.45, 2.75) is 6.42 Å². The summed E-state index contributed by atoms with van der Waals surface area (Å²) >= 11 is 0. The molecule has 3 nitrogen and oxygen atoms in total. The first-order valence-electron chi connectivity index (χ1n) is 6.72. The van der Waals surface area contributed by atoms with Gasteiger partial charge in [-0.25, -0.2) is 0 Å². The van der Waals surface area contributed by atoms with E-state index in [2.05, 4.69) is 17.4 Å². The number of para-hydroxylation sites is 1. The molecule has 2 aromatic carbocycles. The number of methoxy groups -OCH3 is 1. The van der Waals surface area contributed by atoms with E-state index in [0.717, 1.165) is 13.0 Å².